The van der Waals surface area contributed by atoms with E-state index in [0.29, 0.717) is 6.04 Å². The van der Waals surface area contributed by atoms with Crippen molar-refractivity contribution in [1.82, 2.24) is 10.2 Å². The van der Waals surface area contributed by atoms with Crippen LogP contribution in [-0.2, 0) is 13.0 Å². The van der Waals surface area contributed by atoms with Crippen molar-refractivity contribution in [2.75, 3.05) is 20.1 Å². The minimum absolute atomic E-state index is 0.708. The zero-order chi connectivity index (χ0) is 12.1. The molecule has 1 aliphatic heterocycles. The number of nitrogens with zero attached hydrogens (tertiary/aromatic N) is 1. The fraction of sp³-hybridized carbons (Fsp3) is 0.714. The molecule has 2 nitrogen and oxygen atoms in total. The van der Waals surface area contributed by atoms with Crippen LogP contribution < -0.4 is 5.32 Å². The van der Waals surface area contributed by atoms with E-state index in [1.807, 2.05) is 11.3 Å². The van der Waals surface area contributed by atoms with Crippen LogP contribution in [0.3, 0.4) is 0 Å². The van der Waals surface area contributed by atoms with Gasteiger partial charge in [-0.3, -0.25) is 4.90 Å². The molecule has 1 aliphatic rings. The van der Waals surface area contributed by atoms with Crippen molar-refractivity contribution < 1.29 is 0 Å². The van der Waals surface area contributed by atoms with Crippen LogP contribution in [0, 0.1) is 0 Å². The molecule has 1 saturated heterocycles. The number of hydrogen-bond acceptors (Lipinski definition) is 3. The monoisotopic (exact) mass is 252 g/mol. The summed E-state index contributed by atoms with van der Waals surface area (Å²) in [4.78, 5) is 5.46. The summed E-state index contributed by atoms with van der Waals surface area (Å²) in [5.74, 6) is 0. The van der Waals surface area contributed by atoms with Crippen molar-refractivity contribution in [3.05, 3.63) is 21.9 Å². The molecular weight excluding hydrogens is 228 g/mol. The van der Waals surface area contributed by atoms with E-state index in [4.69, 9.17) is 0 Å². The average Bonchev–Trinajstić information content (AvgIpc) is 2.78. The lowest BCUT2D eigenvalue weighted by atomic mass is 10.0. The van der Waals surface area contributed by atoms with Crippen LogP contribution in [0.5, 0.6) is 0 Å². The van der Waals surface area contributed by atoms with Gasteiger partial charge < -0.3 is 5.32 Å². The van der Waals surface area contributed by atoms with E-state index in [1.54, 1.807) is 0 Å². The van der Waals surface area contributed by atoms with Crippen molar-refractivity contribution >= 4 is 11.3 Å². The van der Waals surface area contributed by atoms with Gasteiger partial charge in [-0.2, -0.15) is 0 Å². The Kier molecular flexibility index (Phi) is 5.01. The lowest BCUT2D eigenvalue weighted by Gasteiger charge is -2.27. The Hall–Kier alpha value is -0.380. The average molecular weight is 252 g/mol. The number of piperidine rings is 1. The lowest BCUT2D eigenvalue weighted by molar-refractivity contribution is 0.258. The number of hydrogen-bond donors (Lipinski definition) is 1. The van der Waals surface area contributed by atoms with Crippen LogP contribution >= 0.6 is 11.3 Å². The molecule has 2 rings (SSSR count). The molecule has 1 fully saturated rings. The second-order valence-corrected chi connectivity index (χ2v) is 6.32. The molecule has 3 heteroatoms. The van der Waals surface area contributed by atoms with Crippen LogP contribution in [0.2, 0.25) is 0 Å². The number of thiophene rings is 1. The molecule has 0 bridgehead atoms. The molecule has 0 radical (unpaired) electrons. The van der Waals surface area contributed by atoms with Gasteiger partial charge in [0.2, 0.25) is 0 Å². The number of rotatable bonds is 5. The third kappa shape index (κ3) is 4.09. The molecular formula is C14H24N2S. The molecule has 0 aromatic carbocycles. The molecule has 1 unspecified atom stereocenters. The van der Waals surface area contributed by atoms with Crippen molar-refractivity contribution in [1.29, 1.82) is 0 Å². The van der Waals surface area contributed by atoms with Crippen LogP contribution in [0.4, 0.5) is 0 Å². The molecule has 17 heavy (non-hydrogen) atoms. The normalized spacial score (nSPS) is 21.0. The van der Waals surface area contributed by atoms with Crippen molar-refractivity contribution in [3.63, 3.8) is 0 Å². The van der Waals surface area contributed by atoms with E-state index in [0.717, 1.165) is 6.54 Å². The summed E-state index contributed by atoms with van der Waals surface area (Å²) in [6.07, 6.45) is 5.25. The first-order valence-electron chi connectivity index (χ1n) is 6.77. The van der Waals surface area contributed by atoms with E-state index >= 15 is 0 Å². The van der Waals surface area contributed by atoms with Crippen LogP contribution in [0.15, 0.2) is 12.1 Å². The van der Waals surface area contributed by atoms with Crippen molar-refractivity contribution in [3.8, 4) is 0 Å². The number of aryl methyl sites for hydroxylation is 1. The SMILES string of the molecule is CCc1ccc(CN(C)CC2CCCCN2)s1. The van der Waals surface area contributed by atoms with Gasteiger partial charge in [0.05, 0.1) is 0 Å². The topological polar surface area (TPSA) is 15.3 Å². The first kappa shape index (κ1) is 13.1. The third-order valence-corrected chi connectivity index (χ3v) is 4.65. The van der Waals surface area contributed by atoms with E-state index in [2.05, 4.69) is 36.3 Å². The minimum Gasteiger partial charge on any atom is -0.313 e. The summed E-state index contributed by atoms with van der Waals surface area (Å²) < 4.78 is 0. The Morgan fingerprint density at radius 2 is 2.18 bits per heavy atom. The van der Waals surface area contributed by atoms with Crippen LogP contribution in [0.25, 0.3) is 0 Å². The molecule has 96 valence electrons. The summed E-state index contributed by atoms with van der Waals surface area (Å²) in [5, 5.41) is 3.61. The Balaban J connectivity index is 1.77. The summed E-state index contributed by atoms with van der Waals surface area (Å²) in [7, 11) is 2.24. The second-order valence-electron chi connectivity index (χ2n) is 5.07. The van der Waals surface area contributed by atoms with Gasteiger partial charge in [-0.05, 0) is 45.0 Å². The smallest absolute Gasteiger partial charge is 0.0325 e. The molecule has 1 N–H and O–H groups in total. The number of nitrogens with one attached hydrogen (secondary N) is 1. The Morgan fingerprint density at radius 1 is 1.35 bits per heavy atom. The summed E-state index contributed by atoms with van der Waals surface area (Å²) in [5.41, 5.74) is 0. The molecule has 1 aromatic heterocycles. The highest BCUT2D eigenvalue weighted by atomic mass is 32.1. The van der Waals surface area contributed by atoms with E-state index in [-0.39, 0.29) is 0 Å². The molecule has 2 heterocycles. The summed E-state index contributed by atoms with van der Waals surface area (Å²) in [6, 6.07) is 5.26. The van der Waals surface area contributed by atoms with Crippen molar-refractivity contribution in [2.45, 2.75) is 45.2 Å². The quantitative estimate of drug-likeness (QED) is 0.867. The zero-order valence-corrected chi connectivity index (χ0v) is 11.9. The highest BCUT2D eigenvalue weighted by Crippen LogP contribution is 2.18. The van der Waals surface area contributed by atoms with Gasteiger partial charge >= 0.3 is 0 Å². The van der Waals surface area contributed by atoms with E-state index in [9.17, 15) is 0 Å². The molecule has 1 atom stereocenters. The number of likely N-dealkylation sites (N-methyl/N-ethyl adjacent to an activating group) is 1. The predicted octanol–water partition coefficient (Wildman–Crippen LogP) is 2.88. The van der Waals surface area contributed by atoms with Gasteiger partial charge in [-0.1, -0.05) is 13.3 Å². The summed E-state index contributed by atoms with van der Waals surface area (Å²) in [6.45, 7) is 5.71. The van der Waals surface area contributed by atoms with Gasteiger partial charge in [0.1, 0.15) is 0 Å². The fourth-order valence-corrected chi connectivity index (χ4v) is 3.52. The molecule has 0 aliphatic carbocycles. The second kappa shape index (κ2) is 6.53. The van der Waals surface area contributed by atoms with Gasteiger partial charge in [-0.25, -0.2) is 0 Å². The highest BCUT2D eigenvalue weighted by molar-refractivity contribution is 7.11. The van der Waals surface area contributed by atoms with Crippen molar-refractivity contribution in [2.24, 2.45) is 0 Å². The standard InChI is InChI=1S/C14H24N2S/c1-3-13-7-8-14(17-13)11-16(2)10-12-6-4-5-9-15-12/h7-8,12,15H,3-6,9-11H2,1-2H3. The lowest BCUT2D eigenvalue weighted by Crippen LogP contribution is -2.42. The first-order chi connectivity index (χ1) is 8.28. The minimum atomic E-state index is 0.708. The predicted molar refractivity (Wildman–Crippen MR) is 75.7 cm³/mol. The fourth-order valence-electron chi connectivity index (χ4n) is 2.48. The summed E-state index contributed by atoms with van der Waals surface area (Å²) >= 11 is 1.96. The van der Waals surface area contributed by atoms with Gasteiger partial charge in [0, 0.05) is 28.9 Å². The molecule has 0 saturated carbocycles. The maximum Gasteiger partial charge on any atom is 0.0325 e. The largest absolute Gasteiger partial charge is 0.313 e. The third-order valence-electron chi connectivity index (χ3n) is 3.44. The van der Waals surface area contributed by atoms with Gasteiger partial charge in [-0.15, -0.1) is 11.3 Å². The maximum atomic E-state index is 3.61. The van der Waals surface area contributed by atoms with Crippen LogP contribution in [0.1, 0.15) is 35.9 Å². The van der Waals surface area contributed by atoms with Gasteiger partial charge in [0.25, 0.3) is 0 Å². The van der Waals surface area contributed by atoms with E-state index < -0.39 is 0 Å². The van der Waals surface area contributed by atoms with Gasteiger partial charge in [0.15, 0.2) is 0 Å². The van der Waals surface area contributed by atoms with Crippen LogP contribution in [-0.4, -0.2) is 31.1 Å². The maximum absolute atomic E-state index is 3.61. The molecule has 0 spiro atoms. The molecule has 0 amide bonds. The Bertz CT molecular complexity index is 329. The Labute approximate surface area is 109 Å². The zero-order valence-electron chi connectivity index (χ0n) is 11.0. The molecule has 1 aromatic rings. The first-order valence-corrected chi connectivity index (χ1v) is 7.59. The highest BCUT2D eigenvalue weighted by Gasteiger charge is 2.14. The Morgan fingerprint density at radius 3 is 2.82 bits per heavy atom. The van der Waals surface area contributed by atoms with E-state index in [1.165, 1.54) is 48.5 Å².